The Balaban J connectivity index is 2.55. The summed E-state index contributed by atoms with van der Waals surface area (Å²) in [4.78, 5) is -0.00155. The number of anilines is 1. The molecule has 0 aliphatic heterocycles. The number of nitrogens with zero attached hydrogens (tertiary/aromatic N) is 1. The predicted molar refractivity (Wildman–Crippen MR) is 88.0 cm³/mol. The highest BCUT2D eigenvalue weighted by atomic mass is 35.5. The smallest absolute Gasteiger partial charge is 0.265 e. The fraction of sp³-hybridized carbons (Fsp3) is 0.200. The summed E-state index contributed by atoms with van der Waals surface area (Å²) in [6.45, 7) is 3.84. The Kier molecular flexibility index (Phi) is 4.51. The summed E-state index contributed by atoms with van der Waals surface area (Å²) in [5, 5.41) is 0.474. The van der Waals surface area contributed by atoms with Crippen LogP contribution in [0.3, 0.4) is 0 Å². The first-order valence-electron chi connectivity index (χ1n) is 6.24. The van der Waals surface area contributed by atoms with E-state index < -0.39 is 10.0 Å². The van der Waals surface area contributed by atoms with E-state index in [9.17, 15) is 8.42 Å². The van der Waals surface area contributed by atoms with Crippen molar-refractivity contribution in [2.75, 3.05) is 11.4 Å². The van der Waals surface area contributed by atoms with Crippen molar-refractivity contribution in [2.24, 2.45) is 0 Å². The van der Waals surface area contributed by atoms with E-state index in [1.165, 1.54) is 23.5 Å². The van der Waals surface area contributed by atoms with Crippen molar-refractivity contribution >= 4 is 38.9 Å². The Bertz CT molecular complexity index is 768. The van der Waals surface area contributed by atoms with Crippen LogP contribution in [0.2, 0.25) is 10.0 Å². The van der Waals surface area contributed by atoms with E-state index >= 15 is 0 Å². The van der Waals surface area contributed by atoms with Gasteiger partial charge in [0.2, 0.25) is 0 Å². The lowest BCUT2D eigenvalue weighted by molar-refractivity contribution is 0.594. The normalized spacial score (nSPS) is 11.5. The zero-order chi connectivity index (χ0) is 15.8. The average molecular weight is 344 g/mol. The van der Waals surface area contributed by atoms with Crippen molar-refractivity contribution in [1.82, 2.24) is 0 Å². The molecule has 0 aliphatic rings. The molecule has 0 aromatic heterocycles. The zero-order valence-corrected chi connectivity index (χ0v) is 14.2. The largest absolute Gasteiger partial charge is 0.269 e. The van der Waals surface area contributed by atoms with Gasteiger partial charge in [-0.05, 0) is 55.3 Å². The van der Waals surface area contributed by atoms with Crippen LogP contribution < -0.4 is 4.31 Å². The monoisotopic (exact) mass is 343 g/mol. The molecular formula is C15H15Cl2NO2S. The molecule has 0 N–H and O–H groups in total. The number of hydrogen-bond acceptors (Lipinski definition) is 2. The number of aryl methyl sites for hydroxylation is 2. The molecule has 2 aromatic carbocycles. The number of halogens is 2. The predicted octanol–water partition coefficient (Wildman–Crippen LogP) is 4.44. The minimum Gasteiger partial charge on any atom is -0.269 e. The Labute approximate surface area is 135 Å². The van der Waals surface area contributed by atoms with Crippen LogP contribution in [0.1, 0.15) is 11.1 Å². The lowest BCUT2D eigenvalue weighted by Crippen LogP contribution is -2.27. The van der Waals surface area contributed by atoms with Crippen molar-refractivity contribution in [2.45, 2.75) is 18.7 Å². The fourth-order valence-corrected chi connectivity index (χ4v) is 4.01. The molecule has 0 unspecified atom stereocenters. The second kappa shape index (κ2) is 5.87. The molecule has 0 fully saturated rings. The van der Waals surface area contributed by atoms with Crippen LogP contribution in [0.15, 0.2) is 41.3 Å². The molecule has 0 bridgehead atoms. The molecule has 2 aromatic rings. The minimum atomic E-state index is -3.76. The first kappa shape index (κ1) is 16.1. The second-order valence-electron chi connectivity index (χ2n) is 4.89. The van der Waals surface area contributed by atoms with E-state index in [2.05, 4.69) is 0 Å². The van der Waals surface area contributed by atoms with Gasteiger partial charge in [-0.2, -0.15) is 0 Å². The Morgan fingerprint density at radius 2 is 1.52 bits per heavy atom. The van der Waals surface area contributed by atoms with Crippen molar-refractivity contribution < 1.29 is 8.42 Å². The van der Waals surface area contributed by atoms with Gasteiger partial charge in [-0.25, -0.2) is 8.42 Å². The van der Waals surface area contributed by atoms with Gasteiger partial charge >= 0.3 is 0 Å². The van der Waals surface area contributed by atoms with Crippen LogP contribution in [-0.2, 0) is 10.0 Å². The SMILES string of the molecule is Cc1cc(C)cc(N(C)S(=O)(=O)c2cc(Cl)ccc2Cl)c1. The lowest BCUT2D eigenvalue weighted by Gasteiger charge is -2.21. The highest BCUT2D eigenvalue weighted by molar-refractivity contribution is 7.93. The van der Waals surface area contributed by atoms with Gasteiger partial charge in [0, 0.05) is 12.1 Å². The van der Waals surface area contributed by atoms with E-state index in [1.807, 2.05) is 32.0 Å². The Hall–Kier alpha value is -1.23. The molecular weight excluding hydrogens is 329 g/mol. The van der Waals surface area contributed by atoms with Gasteiger partial charge in [0.15, 0.2) is 0 Å². The van der Waals surface area contributed by atoms with Gasteiger partial charge in [0.05, 0.1) is 10.7 Å². The van der Waals surface area contributed by atoms with Gasteiger partial charge < -0.3 is 0 Å². The maximum Gasteiger partial charge on any atom is 0.265 e. The maximum atomic E-state index is 12.7. The third-order valence-corrected chi connectivity index (χ3v) is 5.60. The molecule has 0 saturated heterocycles. The molecule has 0 spiro atoms. The van der Waals surface area contributed by atoms with E-state index in [-0.39, 0.29) is 9.92 Å². The summed E-state index contributed by atoms with van der Waals surface area (Å²) in [7, 11) is -2.26. The molecule has 6 heteroatoms. The van der Waals surface area contributed by atoms with Gasteiger partial charge in [-0.1, -0.05) is 29.3 Å². The summed E-state index contributed by atoms with van der Waals surface area (Å²) in [6.07, 6.45) is 0. The fourth-order valence-electron chi connectivity index (χ4n) is 2.09. The topological polar surface area (TPSA) is 37.4 Å². The molecule has 0 aliphatic carbocycles. The maximum absolute atomic E-state index is 12.7. The molecule has 112 valence electrons. The average Bonchev–Trinajstić information content (AvgIpc) is 2.39. The van der Waals surface area contributed by atoms with Crippen molar-refractivity contribution in [3.63, 3.8) is 0 Å². The third kappa shape index (κ3) is 3.34. The molecule has 0 amide bonds. The number of hydrogen-bond donors (Lipinski definition) is 0. The number of sulfonamides is 1. The second-order valence-corrected chi connectivity index (χ2v) is 7.67. The van der Waals surface area contributed by atoms with E-state index in [4.69, 9.17) is 23.2 Å². The third-order valence-electron chi connectivity index (χ3n) is 3.10. The first-order chi connectivity index (χ1) is 9.71. The van der Waals surface area contributed by atoms with E-state index in [1.54, 1.807) is 6.07 Å². The zero-order valence-electron chi connectivity index (χ0n) is 11.9. The van der Waals surface area contributed by atoms with Gasteiger partial charge in [-0.15, -0.1) is 0 Å². The van der Waals surface area contributed by atoms with Gasteiger partial charge in [0.1, 0.15) is 4.90 Å². The highest BCUT2D eigenvalue weighted by Gasteiger charge is 2.24. The molecule has 2 rings (SSSR count). The van der Waals surface area contributed by atoms with Crippen LogP contribution in [0.25, 0.3) is 0 Å². The summed E-state index contributed by atoms with van der Waals surface area (Å²) in [5.41, 5.74) is 2.57. The van der Waals surface area contributed by atoms with Crippen molar-refractivity contribution in [3.8, 4) is 0 Å². The molecule has 0 heterocycles. The first-order valence-corrected chi connectivity index (χ1v) is 8.43. The van der Waals surface area contributed by atoms with Crippen LogP contribution in [0, 0.1) is 13.8 Å². The van der Waals surface area contributed by atoms with E-state index in [0.29, 0.717) is 10.7 Å². The molecule has 3 nitrogen and oxygen atoms in total. The summed E-state index contributed by atoms with van der Waals surface area (Å²) in [6, 6.07) is 9.99. The molecule has 21 heavy (non-hydrogen) atoms. The standard InChI is InChI=1S/C15H15Cl2NO2S/c1-10-6-11(2)8-13(7-10)18(3)21(19,20)15-9-12(16)4-5-14(15)17/h4-9H,1-3H3. The molecule has 0 saturated carbocycles. The summed E-state index contributed by atoms with van der Waals surface area (Å²) in [5.74, 6) is 0. The summed E-state index contributed by atoms with van der Waals surface area (Å²) >= 11 is 11.9. The Morgan fingerprint density at radius 3 is 2.10 bits per heavy atom. The number of benzene rings is 2. The lowest BCUT2D eigenvalue weighted by atomic mass is 10.1. The van der Waals surface area contributed by atoms with Crippen molar-refractivity contribution in [3.05, 3.63) is 57.6 Å². The van der Waals surface area contributed by atoms with Gasteiger partial charge in [-0.3, -0.25) is 4.31 Å². The van der Waals surface area contributed by atoms with Crippen LogP contribution in [0.5, 0.6) is 0 Å². The minimum absolute atomic E-state index is 0.00155. The quantitative estimate of drug-likeness (QED) is 0.826. The van der Waals surface area contributed by atoms with Gasteiger partial charge in [0.25, 0.3) is 10.0 Å². The van der Waals surface area contributed by atoms with Crippen LogP contribution >= 0.6 is 23.2 Å². The highest BCUT2D eigenvalue weighted by Crippen LogP contribution is 2.30. The molecule has 0 radical (unpaired) electrons. The Morgan fingerprint density at radius 1 is 0.952 bits per heavy atom. The number of rotatable bonds is 3. The van der Waals surface area contributed by atoms with E-state index in [0.717, 1.165) is 11.1 Å². The van der Waals surface area contributed by atoms with Crippen LogP contribution in [0.4, 0.5) is 5.69 Å². The summed E-state index contributed by atoms with van der Waals surface area (Å²) < 4.78 is 26.6. The van der Waals surface area contributed by atoms with Crippen molar-refractivity contribution in [1.29, 1.82) is 0 Å². The van der Waals surface area contributed by atoms with Crippen LogP contribution in [-0.4, -0.2) is 15.5 Å². The molecule has 0 atom stereocenters.